The van der Waals surface area contributed by atoms with Crippen molar-refractivity contribution < 1.29 is 9.66 Å². The predicted molar refractivity (Wildman–Crippen MR) is 76.7 cm³/mol. The highest BCUT2D eigenvalue weighted by Gasteiger charge is 2.16. The number of ether oxygens (including phenoxy) is 1. The second-order valence-electron chi connectivity index (χ2n) is 4.15. The van der Waals surface area contributed by atoms with E-state index in [1.54, 1.807) is 6.07 Å². The van der Waals surface area contributed by atoms with E-state index in [0.29, 0.717) is 5.56 Å². The van der Waals surface area contributed by atoms with Gasteiger partial charge in [-0.25, -0.2) is 4.98 Å². The van der Waals surface area contributed by atoms with Crippen LogP contribution in [0, 0.1) is 10.1 Å². The summed E-state index contributed by atoms with van der Waals surface area (Å²) < 4.78 is 6.13. The summed E-state index contributed by atoms with van der Waals surface area (Å²) in [6.07, 6.45) is 1.23. The Balaban J connectivity index is 2.41. The van der Waals surface area contributed by atoms with Crippen LogP contribution in [0.2, 0.25) is 5.15 Å². The minimum atomic E-state index is -0.556. The number of nitrogen functional groups attached to an aromatic ring is 1. The van der Waals surface area contributed by atoms with Crippen molar-refractivity contribution in [3.63, 3.8) is 0 Å². The lowest BCUT2D eigenvalue weighted by atomic mass is 10.2. The third-order valence-corrected chi connectivity index (χ3v) is 3.12. The Kier molecular flexibility index (Phi) is 4.08. The van der Waals surface area contributed by atoms with Gasteiger partial charge in [0, 0.05) is 6.07 Å². The molecule has 0 saturated heterocycles. The van der Waals surface area contributed by atoms with Crippen LogP contribution in [0.4, 0.5) is 11.4 Å². The molecule has 2 N–H and O–H groups in total. The highest BCUT2D eigenvalue weighted by atomic mass is 35.5. The third kappa shape index (κ3) is 2.95. The van der Waals surface area contributed by atoms with E-state index in [9.17, 15) is 14.9 Å². The fourth-order valence-corrected chi connectivity index (χ4v) is 1.90. The van der Waals surface area contributed by atoms with E-state index < -0.39 is 10.5 Å². The Morgan fingerprint density at radius 1 is 1.52 bits per heavy atom. The SMILES string of the molecule is COc1ccc(Cn2cnc(Cl)c(N)c2=O)cc1[N+](=O)[O-]. The highest BCUT2D eigenvalue weighted by molar-refractivity contribution is 6.31. The molecule has 2 aromatic rings. The number of nitrogens with two attached hydrogens (primary N) is 1. The number of halogens is 1. The number of nitro groups is 1. The fourth-order valence-electron chi connectivity index (χ4n) is 1.77. The number of benzene rings is 1. The Bertz CT molecular complexity index is 759. The van der Waals surface area contributed by atoms with Crippen molar-refractivity contribution in [2.45, 2.75) is 6.54 Å². The lowest BCUT2D eigenvalue weighted by Gasteiger charge is -2.08. The summed E-state index contributed by atoms with van der Waals surface area (Å²) in [6.45, 7) is 0.0814. The van der Waals surface area contributed by atoms with Gasteiger partial charge in [-0.2, -0.15) is 0 Å². The molecular formula is C12H11ClN4O4. The number of hydrogen-bond donors (Lipinski definition) is 1. The largest absolute Gasteiger partial charge is 0.490 e. The lowest BCUT2D eigenvalue weighted by Crippen LogP contribution is -2.24. The van der Waals surface area contributed by atoms with Crippen LogP contribution in [-0.2, 0) is 6.54 Å². The van der Waals surface area contributed by atoms with Crippen LogP contribution in [-0.4, -0.2) is 21.6 Å². The van der Waals surface area contributed by atoms with Crippen molar-refractivity contribution in [2.75, 3.05) is 12.8 Å². The molecule has 0 fully saturated rings. The van der Waals surface area contributed by atoms with Crippen LogP contribution in [0.5, 0.6) is 5.75 Å². The van der Waals surface area contributed by atoms with Gasteiger partial charge in [-0.3, -0.25) is 19.5 Å². The van der Waals surface area contributed by atoms with Gasteiger partial charge in [0.1, 0.15) is 5.69 Å². The van der Waals surface area contributed by atoms with Gasteiger partial charge in [0.15, 0.2) is 10.9 Å². The van der Waals surface area contributed by atoms with E-state index in [0.717, 1.165) is 0 Å². The van der Waals surface area contributed by atoms with Crippen molar-refractivity contribution in [3.8, 4) is 5.75 Å². The van der Waals surface area contributed by atoms with Gasteiger partial charge in [0.05, 0.1) is 24.9 Å². The van der Waals surface area contributed by atoms with Gasteiger partial charge < -0.3 is 10.5 Å². The first kappa shape index (κ1) is 14.8. The van der Waals surface area contributed by atoms with Crippen LogP contribution >= 0.6 is 11.6 Å². The zero-order chi connectivity index (χ0) is 15.6. The first-order valence-corrected chi connectivity index (χ1v) is 6.13. The maximum Gasteiger partial charge on any atom is 0.311 e. The lowest BCUT2D eigenvalue weighted by molar-refractivity contribution is -0.385. The number of methoxy groups -OCH3 is 1. The molecule has 0 spiro atoms. The minimum Gasteiger partial charge on any atom is -0.490 e. The molecule has 0 atom stereocenters. The Hall–Kier alpha value is -2.61. The quantitative estimate of drug-likeness (QED) is 0.519. The van der Waals surface area contributed by atoms with E-state index in [1.165, 1.54) is 30.1 Å². The predicted octanol–water partition coefficient (Wildman–Crippen LogP) is 1.44. The van der Waals surface area contributed by atoms with Gasteiger partial charge in [0.2, 0.25) is 0 Å². The molecule has 9 heteroatoms. The summed E-state index contributed by atoms with van der Waals surface area (Å²) in [5, 5.41) is 10.9. The van der Waals surface area contributed by atoms with Crippen molar-refractivity contribution in [3.05, 3.63) is 55.7 Å². The molecule has 1 aromatic heterocycles. The average molecular weight is 311 g/mol. The molecule has 21 heavy (non-hydrogen) atoms. The molecule has 110 valence electrons. The van der Waals surface area contributed by atoms with Crippen LogP contribution in [0.3, 0.4) is 0 Å². The number of nitro benzene ring substituents is 1. The third-order valence-electron chi connectivity index (χ3n) is 2.82. The molecule has 0 saturated carbocycles. The monoisotopic (exact) mass is 310 g/mol. The van der Waals surface area contributed by atoms with Gasteiger partial charge in [-0.1, -0.05) is 17.7 Å². The van der Waals surface area contributed by atoms with Crippen LogP contribution in [0.25, 0.3) is 0 Å². The zero-order valence-electron chi connectivity index (χ0n) is 10.9. The number of nitrogens with zero attached hydrogens (tertiary/aromatic N) is 3. The molecule has 0 bridgehead atoms. The number of rotatable bonds is 4. The number of aromatic nitrogens is 2. The van der Waals surface area contributed by atoms with E-state index in [1.807, 2.05) is 0 Å². The molecule has 0 aliphatic carbocycles. The summed E-state index contributed by atoms with van der Waals surface area (Å²) >= 11 is 5.64. The van der Waals surface area contributed by atoms with Gasteiger partial charge in [-0.05, 0) is 11.6 Å². The molecule has 1 heterocycles. The molecule has 1 aromatic carbocycles. The second kappa shape index (κ2) is 5.80. The maximum atomic E-state index is 11.9. The van der Waals surface area contributed by atoms with Crippen LogP contribution in [0.15, 0.2) is 29.3 Å². The van der Waals surface area contributed by atoms with Crippen molar-refractivity contribution >= 4 is 23.0 Å². The Morgan fingerprint density at radius 2 is 2.24 bits per heavy atom. The minimum absolute atomic E-state index is 0.0723. The Morgan fingerprint density at radius 3 is 2.86 bits per heavy atom. The number of hydrogen-bond acceptors (Lipinski definition) is 6. The van der Waals surface area contributed by atoms with Gasteiger partial charge in [-0.15, -0.1) is 0 Å². The van der Waals surface area contributed by atoms with Crippen molar-refractivity contribution in [1.82, 2.24) is 9.55 Å². The van der Waals surface area contributed by atoms with E-state index in [4.69, 9.17) is 22.1 Å². The summed E-state index contributed by atoms with van der Waals surface area (Å²) in [7, 11) is 1.34. The van der Waals surface area contributed by atoms with Crippen LogP contribution < -0.4 is 16.0 Å². The molecular weight excluding hydrogens is 300 g/mol. The fraction of sp³-hybridized carbons (Fsp3) is 0.167. The van der Waals surface area contributed by atoms with E-state index in [-0.39, 0.29) is 28.8 Å². The van der Waals surface area contributed by atoms with Gasteiger partial charge in [0.25, 0.3) is 5.56 Å². The maximum absolute atomic E-state index is 11.9. The van der Waals surface area contributed by atoms with Crippen molar-refractivity contribution in [1.29, 1.82) is 0 Å². The van der Waals surface area contributed by atoms with Gasteiger partial charge >= 0.3 is 5.69 Å². The highest BCUT2D eigenvalue weighted by Crippen LogP contribution is 2.27. The summed E-state index contributed by atoms with van der Waals surface area (Å²) in [5.41, 5.74) is 5.19. The average Bonchev–Trinajstić information content (AvgIpc) is 2.47. The molecule has 0 radical (unpaired) electrons. The van der Waals surface area contributed by atoms with E-state index >= 15 is 0 Å². The van der Waals surface area contributed by atoms with E-state index in [2.05, 4.69) is 4.98 Å². The molecule has 8 nitrogen and oxygen atoms in total. The normalized spacial score (nSPS) is 10.4. The molecule has 0 unspecified atom stereocenters. The van der Waals surface area contributed by atoms with Crippen LogP contribution in [0.1, 0.15) is 5.56 Å². The summed E-state index contributed by atoms with van der Waals surface area (Å²) in [6, 6.07) is 4.41. The Labute approximate surface area is 123 Å². The molecule has 0 aliphatic heterocycles. The first-order valence-electron chi connectivity index (χ1n) is 5.75. The number of anilines is 1. The summed E-state index contributed by atoms with van der Waals surface area (Å²) in [4.78, 5) is 26.1. The zero-order valence-corrected chi connectivity index (χ0v) is 11.7. The topological polar surface area (TPSA) is 113 Å². The smallest absolute Gasteiger partial charge is 0.311 e. The second-order valence-corrected chi connectivity index (χ2v) is 4.50. The van der Waals surface area contributed by atoms with Crippen molar-refractivity contribution in [2.24, 2.45) is 0 Å². The standard InChI is InChI=1S/C12H11ClN4O4/c1-21-9-3-2-7(4-8(9)17(19)20)5-16-6-15-11(13)10(14)12(16)18/h2-4,6H,5,14H2,1H3. The molecule has 2 rings (SSSR count). The molecule has 0 amide bonds. The summed E-state index contributed by atoms with van der Waals surface area (Å²) in [5.74, 6) is 0.143. The first-order chi connectivity index (χ1) is 9.93. The molecule has 0 aliphatic rings.